The largest absolute Gasteiger partial charge is 0.393 e. The number of hydrogen-bond donors (Lipinski definition) is 2. The van der Waals surface area contributed by atoms with Crippen LogP contribution in [0.1, 0.15) is 17.4 Å². The van der Waals surface area contributed by atoms with Crippen molar-refractivity contribution in [1.82, 2.24) is 4.98 Å². The molecule has 1 aromatic heterocycles. The van der Waals surface area contributed by atoms with Gasteiger partial charge in [0.05, 0.1) is 6.61 Å². The van der Waals surface area contributed by atoms with E-state index in [1.807, 2.05) is 6.92 Å². The Morgan fingerprint density at radius 3 is 2.73 bits per heavy atom. The lowest BCUT2D eigenvalue weighted by molar-refractivity contribution is 0.0953. The highest BCUT2D eigenvalue weighted by atomic mass is 16.3. The van der Waals surface area contributed by atoms with Crippen LogP contribution < -0.4 is 0 Å². The Bertz CT molecular complexity index is 220. The molecule has 0 aliphatic rings. The van der Waals surface area contributed by atoms with Crippen molar-refractivity contribution in [3.8, 4) is 0 Å². The Balaban J connectivity index is 2.81. The lowest BCUT2D eigenvalue weighted by Crippen LogP contribution is -2.02. The first-order chi connectivity index (χ1) is 5.24. The van der Waals surface area contributed by atoms with Crippen LogP contribution in [0.15, 0.2) is 18.3 Å². The highest BCUT2D eigenvalue weighted by molar-refractivity contribution is 5.15. The van der Waals surface area contributed by atoms with Gasteiger partial charge in [-0.05, 0) is 13.0 Å². The number of nitrogens with zero attached hydrogens (tertiary/aromatic N) is 1. The summed E-state index contributed by atoms with van der Waals surface area (Å²) >= 11 is 0. The zero-order valence-electron chi connectivity index (χ0n) is 6.36. The monoisotopic (exact) mass is 153 g/mol. The molecule has 0 saturated heterocycles. The van der Waals surface area contributed by atoms with Gasteiger partial charge in [-0.25, -0.2) is 0 Å². The smallest absolute Gasteiger partial charge is 0.104 e. The predicted octanol–water partition coefficient (Wildman–Crippen LogP) is 0.416. The van der Waals surface area contributed by atoms with E-state index in [-0.39, 0.29) is 6.61 Å². The van der Waals surface area contributed by atoms with Crippen molar-refractivity contribution in [2.24, 2.45) is 0 Å². The van der Waals surface area contributed by atoms with Gasteiger partial charge in [-0.15, -0.1) is 0 Å². The van der Waals surface area contributed by atoms with E-state index in [0.717, 1.165) is 5.69 Å². The Hall–Kier alpha value is -0.930. The third-order valence-corrected chi connectivity index (χ3v) is 1.49. The van der Waals surface area contributed by atoms with E-state index in [4.69, 9.17) is 10.2 Å². The maximum Gasteiger partial charge on any atom is 0.104 e. The van der Waals surface area contributed by atoms with E-state index in [0.29, 0.717) is 5.56 Å². The standard InChI is InChI=1S/C8H11NO2/c1-6-2-3-7(4-9-6)8(11)5-10/h2-4,8,10-11H,5H2,1H3. The van der Waals surface area contributed by atoms with E-state index in [9.17, 15) is 0 Å². The average Bonchev–Trinajstić information content (AvgIpc) is 2.05. The number of aromatic nitrogens is 1. The fourth-order valence-electron chi connectivity index (χ4n) is 0.782. The summed E-state index contributed by atoms with van der Waals surface area (Å²) < 4.78 is 0. The number of aliphatic hydroxyl groups excluding tert-OH is 2. The van der Waals surface area contributed by atoms with Crippen LogP contribution in [-0.2, 0) is 0 Å². The van der Waals surface area contributed by atoms with Crippen molar-refractivity contribution in [3.63, 3.8) is 0 Å². The highest BCUT2D eigenvalue weighted by Crippen LogP contribution is 2.09. The molecule has 60 valence electrons. The second kappa shape index (κ2) is 3.46. The Kier molecular flexibility index (Phi) is 2.57. The molecule has 1 aromatic rings. The van der Waals surface area contributed by atoms with Gasteiger partial charge in [-0.1, -0.05) is 6.07 Å². The molecule has 0 saturated carbocycles. The topological polar surface area (TPSA) is 53.4 Å². The van der Waals surface area contributed by atoms with Crippen LogP contribution in [0.4, 0.5) is 0 Å². The molecule has 0 aliphatic carbocycles. The molecule has 0 aromatic carbocycles. The van der Waals surface area contributed by atoms with E-state index < -0.39 is 6.10 Å². The summed E-state index contributed by atoms with van der Waals surface area (Å²) in [6.45, 7) is 1.61. The lowest BCUT2D eigenvalue weighted by Gasteiger charge is -2.05. The summed E-state index contributed by atoms with van der Waals surface area (Å²) in [4.78, 5) is 3.98. The van der Waals surface area contributed by atoms with Gasteiger partial charge in [0.2, 0.25) is 0 Å². The highest BCUT2D eigenvalue weighted by Gasteiger charge is 2.04. The molecule has 0 fully saturated rings. The molecule has 1 unspecified atom stereocenters. The predicted molar refractivity (Wildman–Crippen MR) is 41.0 cm³/mol. The van der Waals surface area contributed by atoms with Crippen LogP contribution in [0.2, 0.25) is 0 Å². The van der Waals surface area contributed by atoms with E-state index in [2.05, 4.69) is 4.98 Å². The number of pyridine rings is 1. The van der Waals surface area contributed by atoms with Crippen LogP contribution in [-0.4, -0.2) is 21.8 Å². The quantitative estimate of drug-likeness (QED) is 0.647. The average molecular weight is 153 g/mol. The summed E-state index contributed by atoms with van der Waals surface area (Å²) in [5.41, 5.74) is 1.55. The normalized spacial score (nSPS) is 13.0. The molecule has 3 heteroatoms. The number of aryl methyl sites for hydroxylation is 1. The molecule has 1 heterocycles. The summed E-state index contributed by atoms with van der Waals surface area (Å²) in [7, 11) is 0. The van der Waals surface area contributed by atoms with Crippen molar-refractivity contribution in [2.45, 2.75) is 13.0 Å². The minimum absolute atomic E-state index is 0.259. The van der Waals surface area contributed by atoms with Crippen LogP contribution in [0.5, 0.6) is 0 Å². The number of aliphatic hydroxyl groups is 2. The van der Waals surface area contributed by atoms with Gasteiger partial charge < -0.3 is 10.2 Å². The van der Waals surface area contributed by atoms with Gasteiger partial charge in [-0.3, -0.25) is 4.98 Å². The van der Waals surface area contributed by atoms with Crippen LogP contribution in [0, 0.1) is 6.92 Å². The van der Waals surface area contributed by atoms with Crippen molar-refractivity contribution in [1.29, 1.82) is 0 Å². The van der Waals surface area contributed by atoms with Gasteiger partial charge >= 0.3 is 0 Å². The van der Waals surface area contributed by atoms with Crippen molar-refractivity contribution < 1.29 is 10.2 Å². The molecule has 0 radical (unpaired) electrons. The molecule has 3 nitrogen and oxygen atoms in total. The van der Waals surface area contributed by atoms with Crippen molar-refractivity contribution in [3.05, 3.63) is 29.6 Å². The number of hydrogen-bond acceptors (Lipinski definition) is 3. The Morgan fingerprint density at radius 2 is 2.27 bits per heavy atom. The Morgan fingerprint density at radius 1 is 1.55 bits per heavy atom. The minimum atomic E-state index is -0.803. The summed E-state index contributed by atoms with van der Waals surface area (Å²) in [5, 5.41) is 17.7. The fraction of sp³-hybridized carbons (Fsp3) is 0.375. The first-order valence-corrected chi connectivity index (χ1v) is 3.45. The van der Waals surface area contributed by atoms with Gasteiger partial charge in [0.1, 0.15) is 6.10 Å². The van der Waals surface area contributed by atoms with Crippen LogP contribution in [0.3, 0.4) is 0 Å². The van der Waals surface area contributed by atoms with Gasteiger partial charge in [0.15, 0.2) is 0 Å². The first-order valence-electron chi connectivity index (χ1n) is 3.45. The fourth-order valence-corrected chi connectivity index (χ4v) is 0.782. The maximum absolute atomic E-state index is 9.13. The third-order valence-electron chi connectivity index (χ3n) is 1.49. The van der Waals surface area contributed by atoms with Gasteiger partial charge in [0.25, 0.3) is 0 Å². The second-order valence-electron chi connectivity index (χ2n) is 2.43. The molecule has 0 spiro atoms. The minimum Gasteiger partial charge on any atom is -0.393 e. The zero-order chi connectivity index (χ0) is 8.27. The molecule has 0 aliphatic heterocycles. The molecular weight excluding hydrogens is 142 g/mol. The van der Waals surface area contributed by atoms with E-state index >= 15 is 0 Å². The summed E-state index contributed by atoms with van der Waals surface area (Å²) in [5.74, 6) is 0. The lowest BCUT2D eigenvalue weighted by atomic mass is 10.2. The summed E-state index contributed by atoms with van der Waals surface area (Å²) in [6, 6.07) is 3.55. The van der Waals surface area contributed by atoms with Crippen molar-refractivity contribution >= 4 is 0 Å². The molecule has 1 rings (SSSR count). The van der Waals surface area contributed by atoms with Crippen molar-refractivity contribution in [2.75, 3.05) is 6.61 Å². The molecule has 0 bridgehead atoms. The van der Waals surface area contributed by atoms with Crippen LogP contribution >= 0.6 is 0 Å². The van der Waals surface area contributed by atoms with Gasteiger partial charge in [0, 0.05) is 17.5 Å². The molecular formula is C8H11NO2. The van der Waals surface area contributed by atoms with E-state index in [1.54, 1.807) is 18.3 Å². The molecule has 11 heavy (non-hydrogen) atoms. The summed E-state index contributed by atoms with van der Waals surface area (Å²) in [6.07, 6.45) is 0.763. The zero-order valence-corrected chi connectivity index (χ0v) is 6.36. The second-order valence-corrected chi connectivity index (χ2v) is 2.43. The first kappa shape index (κ1) is 8.17. The van der Waals surface area contributed by atoms with Crippen LogP contribution in [0.25, 0.3) is 0 Å². The third kappa shape index (κ3) is 2.00. The number of rotatable bonds is 2. The van der Waals surface area contributed by atoms with Gasteiger partial charge in [-0.2, -0.15) is 0 Å². The molecule has 1 atom stereocenters. The SMILES string of the molecule is Cc1ccc(C(O)CO)cn1. The van der Waals surface area contributed by atoms with E-state index in [1.165, 1.54) is 0 Å². The molecule has 2 N–H and O–H groups in total. The Labute approximate surface area is 65.3 Å². The maximum atomic E-state index is 9.13. The molecule has 0 amide bonds.